The Balaban J connectivity index is 2.15. The van der Waals surface area contributed by atoms with Gasteiger partial charge >= 0.3 is 6.18 Å². The summed E-state index contributed by atoms with van der Waals surface area (Å²) in [7, 11) is 0. The molecule has 0 unspecified atom stereocenters. The number of rotatable bonds is 3. The lowest BCUT2D eigenvalue weighted by atomic mass is 10.4. The van der Waals surface area contributed by atoms with E-state index in [1.54, 1.807) is 11.7 Å². The lowest BCUT2D eigenvalue weighted by Crippen LogP contribution is -2.11. The molecule has 2 aromatic heterocycles. The number of halogens is 4. The largest absolute Gasteiger partial charge is 0.433 e. The highest BCUT2D eigenvalue weighted by Gasteiger charge is 2.33. The summed E-state index contributed by atoms with van der Waals surface area (Å²) >= 11 is 6.83. The molecule has 18 heavy (non-hydrogen) atoms. The van der Waals surface area contributed by atoms with Crippen LogP contribution in [0.5, 0.6) is 0 Å². The maximum Gasteiger partial charge on any atom is 0.433 e. The molecule has 9 heteroatoms. The molecule has 0 atom stereocenters. The molecule has 0 saturated carbocycles. The van der Waals surface area contributed by atoms with Gasteiger partial charge in [-0.15, -0.1) is 11.3 Å². The number of hydrogen-bond donors (Lipinski definition) is 1. The molecule has 2 heterocycles. The SMILES string of the molecule is FC(F)(F)c1cc(NCc2cncs2)nc(Cl)n1. The van der Waals surface area contributed by atoms with Crippen LogP contribution in [-0.2, 0) is 12.7 Å². The molecule has 0 aliphatic heterocycles. The Kier molecular flexibility index (Phi) is 3.67. The Morgan fingerprint density at radius 1 is 1.33 bits per heavy atom. The van der Waals surface area contributed by atoms with Crippen molar-refractivity contribution in [1.29, 1.82) is 0 Å². The van der Waals surface area contributed by atoms with E-state index in [9.17, 15) is 13.2 Å². The first-order chi connectivity index (χ1) is 8.45. The van der Waals surface area contributed by atoms with Crippen molar-refractivity contribution in [1.82, 2.24) is 15.0 Å². The second kappa shape index (κ2) is 5.07. The van der Waals surface area contributed by atoms with Gasteiger partial charge in [0.25, 0.3) is 0 Å². The highest BCUT2D eigenvalue weighted by atomic mass is 35.5. The first kappa shape index (κ1) is 13.0. The average molecular weight is 295 g/mol. The summed E-state index contributed by atoms with van der Waals surface area (Å²) in [5.74, 6) is 0.0238. The predicted octanol–water partition coefficient (Wildman–Crippen LogP) is 3.22. The number of alkyl halides is 3. The molecule has 0 fully saturated rings. The normalized spacial score (nSPS) is 11.6. The Morgan fingerprint density at radius 2 is 2.11 bits per heavy atom. The quantitative estimate of drug-likeness (QED) is 0.883. The van der Waals surface area contributed by atoms with E-state index in [4.69, 9.17) is 11.6 Å². The van der Waals surface area contributed by atoms with Gasteiger partial charge in [-0.1, -0.05) is 0 Å². The summed E-state index contributed by atoms with van der Waals surface area (Å²) in [4.78, 5) is 11.5. The van der Waals surface area contributed by atoms with Gasteiger partial charge in [0.2, 0.25) is 5.28 Å². The minimum atomic E-state index is -4.55. The minimum Gasteiger partial charge on any atom is -0.365 e. The molecule has 0 aliphatic rings. The summed E-state index contributed by atoms with van der Waals surface area (Å²) in [6, 6.07) is 0.812. The molecule has 96 valence electrons. The number of thiazole rings is 1. The van der Waals surface area contributed by atoms with E-state index in [0.29, 0.717) is 6.54 Å². The molecule has 0 radical (unpaired) electrons. The molecule has 0 bridgehead atoms. The van der Waals surface area contributed by atoms with E-state index in [-0.39, 0.29) is 5.82 Å². The van der Waals surface area contributed by atoms with Crippen LogP contribution in [0.15, 0.2) is 17.8 Å². The van der Waals surface area contributed by atoms with Gasteiger partial charge in [0.05, 0.1) is 12.1 Å². The van der Waals surface area contributed by atoms with Gasteiger partial charge in [0.15, 0.2) is 5.69 Å². The number of nitrogens with one attached hydrogen (secondary N) is 1. The summed E-state index contributed by atoms with van der Waals surface area (Å²) in [6.45, 7) is 0.329. The van der Waals surface area contributed by atoms with Crippen LogP contribution >= 0.6 is 22.9 Å². The Labute approximate surface area is 109 Å². The summed E-state index contributed by atoms with van der Waals surface area (Å²) in [6.07, 6.45) is -2.93. The van der Waals surface area contributed by atoms with Gasteiger partial charge < -0.3 is 5.32 Å². The highest BCUT2D eigenvalue weighted by Crippen LogP contribution is 2.29. The molecular formula is C9H6ClF3N4S. The minimum absolute atomic E-state index is 0.0238. The van der Waals surface area contributed by atoms with Crippen molar-refractivity contribution in [2.24, 2.45) is 0 Å². The Bertz CT molecular complexity index is 529. The summed E-state index contributed by atoms with van der Waals surface area (Å²) in [5, 5.41) is 2.29. The van der Waals surface area contributed by atoms with E-state index in [1.165, 1.54) is 11.3 Å². The number of anilines is 1. The first-order valence-corrected chi connectivity index (χ1v) is 5.94. The van der Waals surface area contributed by atoms with Crippen LogP contribution in [0.1, 0.15) is 10.6 Å². The predicted molar refractivity (Wildman–Crippen MR) is 61.5 cm³/mol. The van der Waals surface area contributed by atoms with Gasteiger partial charge in [-0.25, -0.2) is 9.97 Å². The molecular weight excluding hydrogens is 289 g/mol. The molecule has 0 saturated heterocycles. The van der Waals surface area contributed by atoms with Gasteiger partial charge in [-0.3, -0.25) is 4.98 Å². The standard InChI is InChI=1S/C9H6ClF3N4S/c10-8-16-6(9(11,12)13)1-7(17-8)15-3-5-2-14-4-18-5/h1-2,4H,3H2,(H,15,16,17). The third-order valence-corrected chi connectivity index (χ3v) is 2.87. The van der Waals surface area contributed by atoms with Crippen LogP contribution < -0.4 is 5.32 Å². The van der Waals surface area contributed by atoms with E-state index in [1.807, 2.05) is 0 Å². The number of nitrogens with zero attached hydrogens (tertiary/aromatic N) is 3. The zero-order valence-corrected chi connectivity index (χ0v) is 10.3. The van der Waals surface area contributed by atoms with Crippen molar-refractivity contribution >= 4 is 28.8 Å². The molecule has 0 amide bonds. The van der Waals surface area contributed by atoms with Crippen molar-refractivity contribution in [3.8, 4) is 0 Å². The average Bonchev–Trinajstić information content (AvgIpc) is 2.77. The lowest BCUT2D eigenvalue weighted by Gasteiger charge is -2.09. The van der Waals surface area contributed by atoms with E-state index >= 15 is 0 Å². The van der Waals surface area contributed by atoms with Gasteiger partial charge in [0, 0.05) is 17.1 Å². The van der Waals surface area contributed by atoms with Crippen molar-refractivity contribution in [2.75, 3.05) is 5.32 Å². The van der Waals surface area contributed by atoms with E-state index in [0.717, 1.165) is 10.9 Å². The maximum atomic E-state index is 12.5. The van der Waals surface area contributed by atoms with Gasteiger partial charge in [0.1, 0.15) is 5.82 Å². The molecule has 4 nitrogen and oxygen atoms in total. The third kappa shape index (κ3) is 3.30. The summed E-state index contributed by atoms with van der Waals surface area (Å²) in [5.41, 5.74) is 0.555. The monoisotopic (exact) mass is 294 g/mol. The van der Waals surface area contributed by atoms with Crippen molar-refractivity contribution < 1.29 is 13.2 Å². The van der Waals surface area contributed by atoms with Crippen molar-refractivity contribution in [2.45, 2.75) is 12.7 Å². The second-order valence-corrected chi connectivity index (χ2v) is 4.54. The van der Waals surface area contributed by atoms with Gasteiger partial charge in [-0.05, 0) is 11.6 Å². The van der Waals surface area contributed by atoms with Crippen molar-refractivity contribution in [3.63, 3.8) is 0 Å². The van der Waals surface area contributed by atoms with Crippen LogP contribution in [-0.4, -0.2) is 15.0 Å². The van der Waals surface area contributed by atoms with Crippen LogP contribution in [0.25, 0.3) is 0 Å². The van der Waals surface area contributed by atoms with Gasteiger partial charge in [-0.2, -0.15) is 13.2 Å². The fourth-order valence-electron chi connectivity index (χ4n) is 1.16. The van der Waals surface area contributed by atoms with Crippen molar-refractivity contribution in [3.05, 3.63) is 33.6 Å². The molecule has 0 aliphatic carbocycles. The maximum absolute atomic E-state index is 12.5. The molecule has 0 aromatic carbocycles. The second-order valence-electron chi connectivity index (χ2n) is 3.23. The topological polar surface area (TPSA) is 50.7 Å². The zero-order valence-electron chi connectivity index (χ0n) is 8.70. The fraction of sp³-hybridized carbons (Fsp3) is 0.222. The number of hydrogen-bond acceptors (Lipinski definition) is 5. The Hall–Kier alpha value is -1.41. The molecule has 2 rings (SSSR count). The lowest BCUT2D eigenvalue weighted by molar-refractivity contribution is -0.141. The van der Waals surface area contributed by atoms with Crippen LogP contribution in [0.4, 0.5) is 19.0 Å². The van der Waals surface area contributed by atoms with Crippen LogP contribution in [0.3, 0.4) is 0 Å². The Morgan fingerprint density at radius 3 is 2.72 bits per heavy atom. The smallest absolute Gasteiger partial charge is 0.365 e. The molecule has 2 aromatic rings. The zero-order chi connectivity index (χ0) is 13.2. The highest BCUT2D eigenvalue weighted by molar-refractivity contribution is 7.09. The first-order valence-electron chi connectivity index (χ1n) is 4.68. The van der Waals surface area contributed by atoms with E-state index < -0.39 is 17.2 Å². The molecule has 1 N–H and O–H groups in total. The van der Waals surface area contributed by atoms with Crippen LogP contribution in [0, 0.1) is 0 Å². The van der Waals surface area contributed by atoms with E-state index in [2.05, 4.69) is 20.3 Å². The summed E-state index contributed by atoms with van der Waals surface area (Å²) < 4.78 is 37.4. The van der Waals surface area contributed by atoms with Crippen LogP contribution in [0.2, 0.25) is 5.28 Å². The fourth-order valence-corrected chi connectivity index (χ4v) is 1.88. The number of aromatic nitrogens is 3. The third-order valence-electron chi connectivity index (χ3n) is 1.92. The molecule has 0 spiro atoms.